The quantitative estimate of drug-likeness (QED) is 0.330. The number of aliphatic hydroxyl groups excluding tert-OH is 1. The van der Waals surface area contributed by atoms with E-state index in [0.29, 0.717) is 32.1 Å². The third-order valence-electron chi connectivity index (χ3n) is 5.59. The van der Waals surface area contributed by atoms with E-state index in [2.05, 4.69) is 12.1 Å². The molecule has 5 nitrogen and oxygen atoms in total. The number of unbranched alkanes of at least 4 members (excludes halogenated alkanes) is 4. The van der Waals surface area contributed by atoms with Crippen LogP contribution in [0.1, 0.15) is 63.4 Å². The zero-order valence-corrected chi connectivity index (χ0v) is 17.9. The minimum Gasteiger partial charge on any atom is -0.481 e. The second-order valence-electron chi connectivity index (χ2n) is 8.22. The number of alkyl halides is 2. The normalized spacial score (nSPS) is 19.3. The van der Waals surface area contributed by atoms with Crippen molar-refractivity contribution in [2.75, 3.05) is 6.54 Å². The first-order chi connectivity index (χ1) is 14.8. The molecule has 0 aliphatic carbocycles. The second kappa shape index (κ2) is 12.5. The zero-order chi connectivity index (χ0) is 22.7. The molecule has 2 rings (SSSR count). The number of carbonyl (C=O) groups excluding carboxylic acids is 1. The van der Waals surface area contributed by atoms with Gasteiger partial charge in [-0.05, 0) is 37.7 Å². The third kappa shape index (κ3) is 8.77. The van der Waals surface area contributed by atoms with Crippen LogP contribution >= 0.6 is 0 Å². The van der Waals surface area contributed by atoms with Gasteiger partial charge in [-0.3, -0.25) is 9.59 Å². The first kappa shape index (κ1) is 25.0. The predicted molar refractivity (Wildman–Crippen MR) is 115 cm³/mol. The fraction of sp³-hybridized carbons (Fsp3) is 0.583. The molecule has 0 radical (unpaired) electrons. The maximum absolute atomic E-state index is 13.9. The molecule has 0 spiro atoms. The first-order valence-electron chi connectivity index (χ1n) is 11.1. The summed E-state index contributed by atoms with van der Waals surface area (Å²) in [5.74, 6) is -5.39. The topological polar surface area (TPSA) is 77.8 Å². The van der Waals surface area contributed by atoms with Gasteiger partial charge in [0.2, 0.25) is 0 Å². The van der Waals surface area contributed by atoms with Crippen molar-refractivity contribution in [1.29, 1.82) is 0 Å². The highest BCUT2D eigenvalue weighted by atomic mass is 19.3. The van der Waals surface area contributed by atoms with Crippen LogP contribution in [0.15, 0.2) is 42.5 Å². The van der Waals surface area contributed by atoms with Crippen molar-refractivity contribution >= 4 is 11.9 Å². The van der Waals surface area contributed by atoms with Crippen molar-refractivity contribution in [3.63, 3.8) is 0 Å². The largest absolute Gasteiger partial charge is 0.481 e. The highest BCUT2D eigenvalue weighted by Gasteiger charge is 2.52. The van der Waals surface area contributed by atoms with Crippen LogP contribution in [0.3, 0.4) is 0 Å². The van der Waals surface area contributed by atoms with E-state index in [1.807, 2.05) is 18.2 Å². The van der Waals surface area contributed by atoms with Crippen LogP contribution in [0, 0.1) is 0 Å². The van der Waals surface area contributed by atoms with E-state index >= 15 is 0 Å². The average Bonchev–Trinajstić information content (AvgIpc) is 2.95. The SMILES string of the molecule is O=C(O)CCCCCCN1C(=O)C(F)(F)C[C@@H]1/C=C/[C@H](O)CCCCc1ccccc1. The summed E-state index contributed by atoms with van der Waals surface area (Å²) in [7, 11) is 0. The van der Waals surface area contributed by atoms with Crippen molar-refractivity contribution in [2.24, 2.45) is 0 Å². The third-order valence-corrected chi connectivity index (χ3v) is 5.59. The Bertz CT molecular complexity index is 724. The Morgan fingerprint density at radius 3 is 2.55 bits per heavy atom. The van der Waals surface area contributed by atoms with E-state index in [1.54, 1.807) is 0 Å². The van der Waals surface area contributed by atoms with E-state index in [4.69, 9.17) is 5.11 Å². The molecule has 1 fully saturated rings. The summed E-state index contributed by atoms with van der Waals surface area (Å²) < 4.78 is 27.9. The van der Waals surface area contributed by atoms with E-state index < -0.39 is 36.4 Å². The number of benzene rings is 1. The lowest BCUT2D eigenvalue weighted by atomic mass is 10.0. The van der Waals surface area contributed by atoms with Gasteiger partial charge >= 0.3 is 11.9 Å². The molecule has 1 amide bonds. The predicted octanol–water partition coefficient (Wildman–Crippen LogP) is 4.59. The van der Waals surface area contributed by atoms with Gasteiger partial charge in [-0.1, -0.05) is 61.7 Å². The van der Waals surface area contributed by atoms with Crippen molar-refractivity contribution in [3.8, 4) is 0 Å². The number of aryl methyl sites for hydroxylation is 1. The molecule has 2 N–H and O–H groups in total. The monoisotopic (exact) mass is 437 g/mol. The number of likely N-dealkylation sites (tertiary alicyclic amines) is 1. The van der Waals surface area contributed by atoms with Crippen LogP contribution in [0.4, 0.5) is 8.78 Å². The Morgan fingerprint density at radius 2 is 1.84 bits per heavy atom. The van der Waals surface area contributed by atoms with E-state index in [1.165, 1.54) is 22.6 Å². The maximum Gasteiger partial charge on any atom is 0.327 e. The molecule has 2 atom stereocenters. The molecule has 1 aliphatic rings. The average molecular weight is 438 g/mol. The first-order valence-corrected chi connectivity index (χ1v) is 11.1. The molecular formula is C24H33F2NO4. The number of carbonyl (C=O) groups is 2. The Kier molecular flexibility index (Phi) is 10.1. The number of aliphatic hydroxyl groups is 1. The summed E-state index contributed by atoms with van der Waals surface area (Å²) in [5.41, 5.74) is 1.25. The van der Waals surface area contributed by atoms with Crippen molar-refractivity contribution in [2.45, 2.75) is 82.3 Å². The number of carboxylic acids is 1. The van der Waals surface area contributed by atoms with Crippen molar-refractivity contribution in [1.82, 2.24) is 4.90 Å². The summed E-state index contributed by atoms with van der Waals surface area (Å²) >= 11 is 0. The fourth-order valence-corrected chi connectivity index (χ4v) is 3.85. The molecule has 172 valence electrons. The minimum absolute atomic E-state index is 0.0926. The molecule has 0 aromatic heterocycles. The highest BCUT2D eigenvalue weighted by molar-refractivity contribution is 5.86. The Labute approximate surface area is 182 Å². The zero-order valence-electron chi connectivity index (χ0n) is 17.9. The number of amides is 1. The molecule has 1 aromatic rings. The summed E-state index contributed by atoms with van der Waals surface area (Å²) in [6, 6.07) is 9.36. The van der Waals surface area contributed by atoms with Gasteiger partial charge in [0.05, 0.1) is 12.1 Å². The number of hydrogen-bond donors (Lipinski definition) is 2. The van der Waals surface area contributed by atoms with Gasteiger partial charge in [-0.15, -0.1) is 0 Å². The summed E-state index contributed by atoms with van der Waals surface area (Å²) in [6.07, 6.45) is 7.55. The summed E-state index contributed by atoms with van der Waals surface area (Å²) in [4.78, 5) is 23.7. The molecule has 31 heavy (non-hydrogen) atoms. The van der Waals surface area contributed by atoms with Crippen molar-refractivity contribution in [3.05, 3.63) is 48.0 Å². The molecule has 1 aromatic carbocycles. The maximum atomic E-state index is 13.9. The van der Waals surface area contributed by atoms with Gasteiger partial charge in [0.25, 0.3) is 5.91 Å². The Morgan fingerprint density at radius 1 is 1.13 bits per heavy atom. The van der Waals surface area contributed by atoms with Gasteiger partial charge in [-0.25, -0.2) is 0 Å². The molecule has 1 saturated heterocycles. The van der Waals surface area contributed by atoms with Crippen molar-refractivity contribution < 1.29 is 28.6 Å². The fourth-order valence-electron chi connectivity index (χ4n) is 3.85. The van der Waals surface area contributed by atoms with Crippen LogP contribution in [-0.2, 0) is 16.0 Å². The van der Waals surface area contributed by atoms with Gasteiger partial charge in [0.1, 0.15) is 0 Å². The van der Waals surface area contributed by atoms with Crippen LogP contribution < -0.4 is 0 Å². The molecular weight excluding hydrogens is 404 g/mol. The Balaban J connectivity index is 1.74. The molecule has 1 aliphatic heterocycles. The molecule has 0 saturated carbocycles. The summed E-state index contributed by atoms with van der Waals surface area (Å²) in [6.45, 7) is 0.212. The minimum atomic E-state index is -3.38. The number of hydrogen-bond acceptors (Lipinski definition) is 3. The van der Waals surface area contributed by atoms with Crippen LogP contribution in [-0.4, -0.2) is 51.6 Å². The number of aliphatic carboxylic acids is 1. The lowest BCUT2D eigenvalue weighted by molar-refractivity contribution is -0.148. The standard InChI is InChI=1S/C24H33F2NO4/c25-24(26)18-20(27(23(24)31)17-9-2-1-6-14-22(29)30)15-16-21(28)13-8-7-12-19-10-4-3-5-11-19/h3-5,10-11,15-16,20-21,28H,1-2,6-9,12-14,17-18H2,(H,29,30)/b16-15+/t20-,21+/m0/s1. The lowest BCUT2D eigenvalue weighted by Crippen LogP contribution is -2.36. The van der Waals surface area contributed by atoms with Crippen LogP contribution in [0.2, 0.25) is 0 Å². The number of rotatable bonds is 14. The Hall–Kier alpha value is -2.28. The van der Waals surface area contributed by atoms with Crippen LogP contribution in [0.5, 0.6) is 0 Å². The van der Waals surface area contributed by atoms with E-state index in [9.17, 15) is 23.5 Å². The lowest BCUT2D eigenvalue weighted by Gasteiger charge is -2.22. The van der Waals surface area contributed by atoms with E-state index in [0.717, 1.165) is 19.3 Å². The molecule has 1 heterocycles. The van der Waals surface area contributed by atoms with Gasteiger partial charge in [-0.2, -0.15) is 8.78 Å². The molecule has 0 unspecified atom stereocenters. The number of carboxylic acid groups (broad SMARTS) is 1. The highest BCUT2D eigenvalue weighted by Crippen LogP contribution is 2.34. The number of halogens is 2. The van der Waals surface area contributed by atoms with Crippen LogP contribution in [0.25, 0.3) is 0 Å². The molecule has 7 heteroatoms. The molecule has 0 bridgehead atoms. The van der Waals surface area contributed by atoms with Gasteiger partial charge in [0, 0.05) is 19.4 Å². The second-order valence-corrected chi connectivity index (χ2v) is 8.22. The number of nitrogens with zero attached hydrogens (tertiary/aromatic N) is 1. The summed E-state index contributed by atoms with van der Waals surface area (Å²) in [5, 5.41) is 18.8. The van der Waals surface area contributed by atoms with Gasteiger partial charge in [0.15, 0.2) is 0 Å². The van der Waals surface area contributed by atoms with Gasteiger partial charge < -0.3 is 15.1 Å². The smallest absolute Gasteiger partial charge is 0.327 e. The van der Waals surface area contributed by atoms with E-state index in [-0.39, 0.29) is 13.0 Å².